The van der Waals surface area contributed by atoms with Gasteiger partial charge in [0.2, 0.25) is 11.7 Å². The van der Waals surface area contributed by atoms with Gasteiger partial charge >= 0.3 is 12.0 Å². The van der Waals surface area contributed by atoms with Gasteiger partial charge in [0, 0.05) is 38.0 Å². The molecule has 0 spiro atoms. The number of aryl methyl sites for hydroxylation is 2. The van der Waals surface area contributed by atoms with Gasteiger partial charge in [-0.1, -0.05) is 24.2 Å². The number of benzene rings is 1. The summed E-state index contributed by atoms with van der Waals surface area (Å²) in [7, 11) is 1.61. The quantitative estimate of drug-likeness (QED) is 0.751. The number of rotatable bonds is 6. The molecule has 0 unspecified atom stereocenters. The van der Waals surface area contributed by atoms with Crippen LogP contribution in [0.1, 0.15) is 42.7 Å². The smallest absolute Gasteiger partial charge is 0.317 e. The second-order valence-corrected chi connectivity index (χ2v) is 7.73. The molecule has 4 rings (SSSR count). The summed E-state index contributed by atoms with van der Waals surface area (Å²) >= 11 is 0. The van der Waals surface area contributed by atoms with Crippen LogP contribution in [-0.2, 0) is 22.4 Å². The van der Waals surface area contributed by atoms with Crippen molar-refractivity contribution in [2.45, 2.75) is 38.5 Å². The van der Waals surface area contributed by atoms with Gasteiger partial charge in [-0.05, 0) is 36.0 Å². The number of fused-ring (bicyclic) bond motifs is 1. The Labute approximate surface area is 169 Å². The van der Waals surface area contributed by atoms with Crippen molar-refractivity contribution in [1.82, 2.24) is 20.4 Å². The summed E-state index contributed by atoms with van der Waals surface area (Å²) in [5.74, 6) is 1.49. The van der Waals surface area contributed by atoms with E-state index < -0.39 is 0 Å². The molecule has 8 heteroatoms. The molecule has 2 heterocycles. The summed E-state index contributed by atoms with van der Waals surface area (Å²) < 4.78 is 10.7. The normalized spacial score (nSPS) is 18.3. The van der Waals surface area contributed by atoms with Gasteiger partial charge in [-0.3, -0.25) is 4.79 Å². The summed E-state index contributed by atoms with van der Waals surface area (Å²) in [5, 5.41) is 6.63. The molecule has 1 N–H and O–H groups in total. The topological polar surface area (TPSA) is 97.6 Å². The Kier molecular flexibility index (Phi) is 5.51. The Morgan fingerprint density at radius 2 is 2.17 bits per heavy atom. The van der Waals surface area contributed by atoms with Crippen molar-refractivity contribution in [2.24, 2.45) is 5.92 Å². The highest BCUT2D eigenvalue weighted by Crippen LogP contribution is 2.37. The summed E-state index contributed by atoms with van der Waals surface area (Å²) in [6.07, 6.45) is 2.98. The second-order valence-electron chi connectivity index (χ2n) is 7.73. The van der Waals surface area contributed by atoms with Crippen LogP contribution in [0.2, 0.25) is 0 Å². The average molecular weight is 398 g/mol. The van der Waals surface area contributed by atoms with Gasteiger partial charge in [-0.25, -0.2) is 4.79 Å². The van der Waals surface area contributed by atoms with E-state index in [-0.39, 0.29) is 23.8 Å². The molecule has 2 amide bonds. The zero-order valence-corrected chi connectivity index (χ0v) is 16.8. The molecule has 2 aliphatic rings. The molecule has 1 saturated heterocycles. The molecule has 8 nitrogen and oxygen atoms in total. The van der Waals surface area contributed by atoms with E-state index >= 15 is 0 Å². The lowest BCUT2D eigenvalue weighted by Gasteiger charge is -2.38. The van der Waals surface area contributed by atoms with E-state index in [0.717, 1.165) is 18.4 Å². The van der Waals surface area contributed by atoms with Crippen molar-refractivity contribution in [3.63, 3.8) is 0 Å². The van der Waals surface area contributed by atoms with Crippen LogP contribution in [0.15, 0.2) is 22.7 Å². The standard InChI is InChI=1S/C21H26N4O4/c1-3-18-23-20(24-29-18)16-6-7-17-14(8-16)4-5-15(17)9-19(26)28-12-13-10-25(11-13)21(27)22-2/h6-8,13,15H,3-5,9-12H2,1-2H3,(H,22,27)/t15-/m0/s1. The zero-order chi connectivity index (χ0) is 20.4. The van der Waals surface area contributed by atoms with E-state index in [0.29, 0.717) is 44.3 Å². The second kappa shape index (κ2) is 8.23. The van der Waals surface area contributed by atoms with Crippen LogP contribution < -0.4 is 5.32 Å². The van der Waals surface area contributed by atoms with Crippen LogP contribution >= 0.6 is 0 Å². The maximum absolute atomic E-state index is 12.3. The number of amides is 2. The SMILES string of the molecule is CCc1nc(-c2ccc3c(c2)CC[C@H]3CC(=O)OCC2CN(C(=O)NC)C2)no1. The van der Waals surface area contributed by atoms with E-state index in [2.05, 4.69) is 27.6 Å². The molecule has 1 aliphatic heterocycles. The molecule has 0 bridgehead atoms. The van der Waals surface area contributed by atoms with Gasteiger partial charge in [0.05, 0.1) is 13.0 Å². The first-order valence-corrected chi connectivity index (χ1v) is 10.2. The van der Waals surface area contributed by atoms with Crippen molar-refractivity contribution in [1.29, 1.82) is 0 Å². The fourth-order valence-electron chi connectivity index (χ4n) is 4.04. The lowest BCUT2D eigenvalue weighted by molar-refractivity contribution is -0.146. The molecule has 0 radical (unpaired) electrons. The van der Waals surface area contributed by atoms with E-state index in [1.807, 2.05) is 13.0 Å². The summed E-state index contributed by atoms with van der Waals surface area (Å²) in [6, 6.07) is 6.09. The summed E-state index contributed by atoms with van der Waals surface area (Å²) in [5.41, 5.74) is 3.39. The fourth-order valence-corrected chi connectivity index (χ4v) is 4.04. The molecule has 0 saturated carbocycles. The van der Waals surface area contributed by atoms with Crippen LogP contribution in [0, 0.1) is 5.92 Å². The van der Waals surface area contributed by atoms with E-state index in [1.54, 1.807) is 11.9 Å². The monoisotopic (exact) mass is 398 g/mol. The highest BCUT2D eigenvalue weighted by Gasteiger charge is 2.32. The van der Waals surface area contributed by atoms with E-state index in [4.69, 9.17) is 9.26 Å². The van der Waals surface area contributed by atoms with E-state index in [1.165, 1.54) is 11.1 Å². The van der Waals surface area contributed by atoms with Crippen LogP contribution in [0.5, 0.6) is 0 Å². The third-order valence-corrected chi connectivity index (χ3v) is 5.73. The van der Waals surface area contributed by atoms with E-state index in [9.17, 15) is 9.59 Å². The first kappa shape index (κ1) is 19.4. The minimum absolute atomic E-state index is 0.0822. The van der Waals surface area contributed by atoms with Gasteiger partial charge in [-0.2, -0.15) is 4.98 Å². The first-order chi connectivity index (χ1) is 14.1. The number of carbonyl (C=O) groups excluding carboxylic acids is 2. The Morgan fingerprint density at radius 1 is 1.34 bits per heavy atom. The molecule has 1 aliphatic carbocycles. The number of urea groups is 1. The van der Waals surface area contributed by atoms with Crippen molar-refractivity contribution >= 4 is 12.0 Å². The maximum Gasteiger partial charge on any atom is 0.317 e. The first-order valence-electron chi connectivity index (χ1n) is 10.2. The predicted octanol–water partition coefficient (Wildman–Crippen LogP) is 2.53. The molecular weight excluding hydrogens is 372 g/mol. The Balaban J connectivity index is 1.29. The van der Waals surface area contributed by atoms with Crippen molar-refractivity contribution in [3.8, 4) is 11.4 Å². The number of nitrogens with zero attached hydrogens (tertiary/aromatic N) is 3. The number of hydrogen-bond donors (Lipinski definition) is 1. The number of carbonyl (C=O) groups is 2. The minimum atomic E-state index is -0.170. The minimum Gasteiger partial charge on any atom is -0.465 e. The van der Waals surface area contributed by atoms with Crippen molar-refractivity contribution in [2.75, 3.05) is 26.7 Å². The predicted molar refractivity (Wildman–Crippen MR) is 105 cm³/mol. The molecule has 154 valence electrons. The Bertz CT molecular complexity index is 904. The van der Waals surface area contributed by atoms with Gasteiger partial charge in [-0.15, -0.1) is 0 Å². The van der Waals surface area contributed by atoms with Gasteiger partial charge in [0.25, 0.3) is 0 Å². The number of esters is 1. The van der Waals surface area contributed by atoms with Crippen LogP contribution in [-0.4, -0.2) is 53.8 Å². The van der Waals surface area contributed by atoms with Gasteiger partial charge in [0.15, 0.2) is 0 Å². The highest BCUT2D eigenvalue weighted by molar-refractivity contribution is 5.74. The zero-order valence-electron chi connectivity index (χ0n) is 16.8. The van der Waals surface area contributed by atoms with Crippen LogP contribution in [0.4, 0.5) is 4.79 Å². The Morgan fingerprint density at radius 3 is 2.90 bits per heavy atom. The lowest BCUT2D eigenvalue weighted by Crippen LogP contribution is -2.54. The molecule has 1 aromatic carbocycles. The molecule has 1 atom stereocenters. The third kappa shape index (κ3) is 4.11. The fraction of sp³-hybridized carbons (Fsp3) is 0.524. The summed E-state index contributed by atoms with van der Waals surface area (Å²) in [6.45, 7) is 3.63. The highest BCUT2D eigenvalue weighted by atomic mass is 16.5. The van der Waals surface area contributed by atoms with Gasteiger partial charge in [0.1, 0.15) is 0 Å². The van der Waals surface area contributed by atoms with Crippen LogP contribution in [0.3, 0.4) is 0 Å². The number of nitrogens with one attached hydrogen (secondary N) is 1. The largest absolute Gasteiger partial charge is 0.465 e. The summed E-state index contributed by atoms with van der Waals surface area (Å²) in [4.78, 5) is 29.8. The van der Waals surface area contributed by atoms with Crippen LogP contribution in [0.25, 0.3) is 11.4 Å². The number of likely N-dealkylation sites (tertiary alicyclic amines) is 1. The number of ether oxygens (including phenoxy) is 1. The molecule has 2 aromatic rings. The maximum atomic E-state index is 12.3. The lowest BCUT2D eigenvalue weighted by atomic mass is 9.96. The number of hydrogen-bond acceptors (Lipinski definition) is 6. The van der Waals surface area contributed by atoms with Crippen molar-refractivity contribution < 1.29 is 18.8 Å². The molecular formula is C21H26N4O4. The number of aromatic nitrogens is 2. The van der Waals surface area contributed by atoms with Gasteiger partial charge < -0.3 is 19.5 Å². The molecule has 1 fully saturated rings. The molecule has 29 heavy (non-hydrogen) atoms. The molecule has 1 aromatic heterocycles. The van der Waals surface area contributed by atoms with Crippen molar-refractivity contribution in [3.05, 3.63) is 35.2 Å². The average Bonchev–Trinajstić information content (AvgIpc) is 3.33. The third-order valence-electron chi connectivity index (χ3n) is 5.73. The Hall–Kier alpha value is -2.90.